The van der Waals surface area contributed by atoms with Crippen molar-refractivity contribution in [3.63, 3.8) is 0 Å². The monoisotopic (exact) mass is 367 g/mol. The number of imide groups is 1. The van der Waals surface area contributed by atoms with Crippen LogP contribution in [0.4, 0.5) is 0 Å². The van der Waals surface area contributed by atoms with Crippen molar-refractivity contribution in [3.8, 4) is 5.75 Å². The maximum absolute atomic E-state index is 12.5. The molecule has 27 heavy (non-hydrogen) atoms. The van der Waals surface area contributed by atoms with Gasteiger partial charge in [-0.3, -0.25) is 14.5 Å². The van der Waals surface area contributed by atoms with Gasteiger partial charge in [-0.05, 0) is 31.2 Å². The van der Waals surface area contributed by atoms with Gasteiger partial charge in [-0.2, -0.15) is 0 Å². The van der Waals surface area contributed by atoms with Crippen molar-refractivity contribution < 1.29 is 23.9 Å². The molecule has 2 unspecified atom stereocenters. The van der Waals surface area contributed by atoms with Gasteiger partial charge in [-0.1, -0.05) is 36.4 Å². The van der Waals surface area contributed by atoms with E-state index in [1.807, 2.05) is 18.2 Å². The van der Waals surface area contributed by atoms with Gasteiger partial charge in [0.05, 0.1) is 18.0 Å². The standard InChI is InChI=1S/C21H21NO5/c1-15(27-21(25)16-8-4-2-5-9-16)13-22-19(23)12-17(20(22)24)14-26-18-10-6-3-7-11-18/h2-11,15,17H,12-14H2,1H3. The highest BCUT2D eigenvalue weighted by atomic mass is 16.5. The zero-order chi connectivity index (χ0) is 19.2. The number of para-hydroxylation sites is 1. The molecule has 0 spiro atoms. The Morgan fingerprint density at radius 1 is 1.07 bits per heavy atom. The maximum atomic E-state index is 12.5. The molecule has 0 saturated carbocycles. The molecule has 1 heterocycles. The largest absolute Gasteiger partial charge is 0.493 e. The Labute approximate surface area is 157 Å². The highest BCUT2D eigenvalue weighted by Crippen LogP contribution is 2.22. The molecule has 2 aromatic rings. The van der Waals surface area contributed by atoms with Gasteiger partial charge in [0.15, 0.2) is 0 Å². The van der Waals surface area contributed by atoms with E-state index in [2.05, 4.69) is 0 Å². The van der Waals surface area contributed by atoms with Crippen LogP contribution in [0.15, 0.2) is 60.7 Å². The van der Waals surface area contributed by atoms with Crippen molar-refractivity contribution in [1.29, 1.82) is 0 Å². The molecule has 1 aliphatic heterocycles. The average Bonchev–Trinajstić information content (AvgIpc) is 2.95. The van der Waals surface area contributed by atoms with Crippen LogP contribution in [-0.2, 0) is 14.3 Å². The molecule has 0 aromatic heterocycles. The summed E-state index contributed by atoms with van der Waals surface area (Å²) in [6.45, 7) is 1.84. The zero-order valence-corrected chi connectivity index (χ0v) is 15.0. The number of ether oxygens (including phenoxy) is 2. The van der Waals surface area contributed by atoms with E-state index in [0.29, 0.717) is 11.3 Å². The van der Waals surface area contributed by atoms with E-state index < -0.39 is 18.0 Å². The number of carbonyl (C=O) groups excluding carboxylic acids is 3. The second kappa shape index (κ2) is 8.49. The predicted octanol–water partition coefficient (Wildman–Crippen LogP) is 2.69. The molecule has 2 amide bonds. The minimum atomic E-state index is -0.598. The minimum absolute atomic E-state index is 0.0398. The molecule has 0 radical (unpaired) electrons. The molecule has 1 aliphatic rings. The summed E-state index contributed by atoms with van der Waals surface area (Å²) in [4.78, 5) is 38.0. The molecule has 140 valence electrons. The fourth-order valence-corrected chi connectivity index (χ4v) is 2.91. The third kappa shape index (κ3) is 4.73. The molecular weight excluding hydrogens is 346 g/mol. The Balaban J connectivity index is 1.53. The lowest BCUT2D eigenvalue weighted by Crippen LogP contribution is -2.38. The lowest BCUT2D eigenvalue weighted by Gasteiger charge is -2.20. The van der Waals surface area contributed by atoms with Crippen molar-refractivity contribution in [2.75, 3.05) is 13.2 Å². The van der Waals surface area contributed by atoms with E-state index >= 15 is 0 Å². The van der Waals surface area contributed by atoms with Gasteiger partial charge < -0.3 is 9.47 Å². The Bertz CT molecular complexity index is 806. The molecule has 0 N–H and O–H groups in total. The first kappa shape index (κ1) is 18.6. The van der Waals surface area contributed by atoms with E-state index in [1.54, 1.807) is 49.4 Å². The van der Waals surface area contributed by atoms with Crippen LogP contribution < -0.4 is 4.74 Å². The quantitative estimate of drug-likeness (QED) is 0.556. The number of amides is 2. The third-order valence-electron chi connectivity index (χ3n) is 4.29. The highest BCUT2D eigenvalue weighted by Gasteiger charge is 2.39. The Morgan fingerprint density at radius 3 is 2.37 bits per heavy atom. The Kier molecular flexibility index (Phi) is 5.86. The number of benzene rings is 2. The second-order valence-corrected chi connectivity index (χ2v) is 6.45. The zero-order valence-electron chi connectivity index (χ0n) is 15.0. The van der Waals surface area contributed by atoms with Gasteiger partial charge in [-0.25, -0.2) is 4.79 Å². The Morgan fingerprint density at radius 2 is 1.70 bits per heavy atom. The fourth-order valence-electron chi connectivity index (χ4n) is 2.91. The molecule has 6 heteroatoms. The number of likely N-dealkylation sites (tertiary alicyclic amines) is 1. The molecular formula is C21H21NO5. The normalized spacial score (nSPS) is 17.7. The highest BCUT2D eigenvalue weighted by molar-refractivity contribution is 6.03. The van der Waals surface area contributed by atoms with Crippen molar-refractivity contribution in [1.82, 2.24) is 4.90 Å². The summed E-state index contributed by atoms with van der Waals surface area (Å²) in [6, 6.07) is 17.7. The first-order valence-corrected chi connectivity index (χ1v) is 8.82. The molecule has 1 saturated heterocycles. The SMILES string of the molecule is CC(CN1C(=O)CC(COc2ccccc2)C1=O)OC(=O)c1ccccc1. The molecule has 6 nitrogen and oxygen atoms in total. The summed E-state index contributed by atoms with van der Waals surface area (Å²) in [5.74, 6) is -0.912. The third-order valence-corrected chi connectivity index (χ3v) is 4.29. The number of hydrogen-bond donors (Lipinski definition) is 0. The average molecular weight is 367 g/mol. The second-order valence-electron chi connectivity index (χ2n) is 6.45. The van der Waals surface area contributed by atoms with Gasteiger partial charge in [0.1, 0.15) is 18.5 Å². The number of nitrogens with zero attached hydrogens (tertiary/aromatic N) is 1. The maximum Gasteiger partial charge on any atom is 0.338 e. The van der Waals surface area contributed by atoms with Crippen molar-refractivity contribution >= 4 is 17.8 Å². The van der Waals surface area contributed by atoms with E-state index in [4.69, 9.17) is 9.47 Å². The van der Waals surface area contributed by atoms with Crippen LogP contribution in [0.25, 0.3) is 0 Å². The van der Waals surface area contributed by atoms with Crippen LogP contribution in [0, 0.1) is 5.92 Å². The summed E-state index contributed by atoms with van der Waals surface area (Å²) in [5, 5.41) is 0. The smallest absolute Gasteiger partial charge is 0.338 e. The van der Waals surface area contributed by atoms with Crippen LogP contribution in [0.5, 0.6) is 5.75 Å². The molecule has 2 atom stereocenters. The first-order chi connectivity index (χ1) is 13.0. The summed E-state index contributed by atoms with van der Waals surface area (Å²) >= 11 is 0. The molecule has 3 rings (SSSR count). The molecule has 0 bridgehead atoms. The van der Waals surface area contributed by atoms with E-state index in [1.165, 1.54) is 0 Å². The van der Waals surface area contributed by atoms with Gasteiger partial charge in [0, 0.05) is 6.42 Å². The summed E-state index contributed by atoms with van der Waals surface area (Å²) in [7, 11) is 0. The number of rotatable bonds is 7. The number of esters is 1. The fraction of sp³-hybridized carbons (Fsp3) is 0.286. The van der Waals surface area contributed by atoms with Gasteiger partial charge >= 0.3 is 5.97 Å². The van der Waals surface area contributed by atoms with Crippen LogP contribution in [-0.4, -0.2) is 41.9 Å². The van der Waals surface area contributed by atoms with Gasteiger partial charge in [0.25, 0.3) is 0 Å². The van der Waals surface area contributed by atoms with E-state index in [-0.39, 0.29) is 31.4 Å². The van der Waals surface area contributed by atoms with Gasteiger partial charge in [0.2, 0.25) is 11.8 Å². The Hall–Kier alpha value is -3.15. The summed E-state index contributed by atoms with van der Waals surface area (Å²) < 4.78 is 10.9. The molecule has 1 fully saturated rings. The van der Waals surface area contributed by atoms with E-state index in [0.717, 1.165) is 4.90 Å². The lowest BCUT2D eigenvalue weighted by atomic mass is 10.1. The topological polar surface area (TPSA) is 72.9 Å². The predicted molar refractivity (Wildman–Crippen MR) is 98.1 cm³/mol. The first-order valence-electron chi connectivity index (χ1n) is 8.82. The summed E-state index contributed by atoms with van der Waals surface area (Å²) in [5.41, 5.74) is 0.428. The molecule has 2 aromatic carbocycles. The minimum Gasteiger partial charge on any atom is -0.493 e. The number of carbonyl (C=O) groups is 3. The lowest BCUT2D eigenvalue weighted by molar-refractivity contribution is -0.141. The van der Waals surface area contributed by atoms with Crippen LogP contribution >= 0.6 is 0 Å². The molecule has 0 aliphatic carbocycles. The van der Waals surface area contributed by atoms with Crippen LogP contribution in [0.1, 0.15) is 23.7 Å². The van der Waals surface area contributed by atoms with Crippen molar-refractivity contribution in [3.05, 3.63) is 66.2 Å². The van der Waals surface area contributed by atoms with Crippen LogP contribution in [0.3, 0.4) is 0 Å². The van der Waals surface area contributed by atoms with Crippen molar-refractivity contribution in [2.24, 2.45) is 5.92 Å². The summed E-state index contributed by atoms with van der Waals surface area (Å²) in [6.07, 6.45) is -0.496. The van der Waals surface area contributed by atoms with Crippen molar-refractivity contribution in [2.45, 2.75) is 19.4 Å². The number of hydrogen-bond acceptors (Lipinski definition) is 5. The van der Waals surface area contributed by atoms with E-state index in [9.17, 15) is 14.4 Å². The van der Waals surface area contributed by atoms with Crippen LogP contribution in [0.2, 0.25) is 0 Å². The van der Waals surface area contributed by atoms with Gasteiger partial charge in [-0.15, -0.1) is 0 Å².